The van der Waals surface area contributed by atoms with Gasteiger partial charge in [0.05, 0.1) is 27.9 Å². The van der Waals surface area contributed by atoms with E-state index in [4.69, 9.17) is 9.47 Å². The molecule has 0 saturated carbocycles. The Morgan fingerprint density at radius 1 is 1.31 bits per heavy atom. The van der Waals surface area contributed by atoms with Gasteiger partial charge in [-0.3, -0.25) is 15.5 Å². The van der Waals surface area contributed by atoms with Crippen LogP contribution in [-0.4, -0.2) is 30.3 Å². The largest absolute Gasteiger partial charge is 0.481 e. The second-order valence-electron chi connectivity index (χ2n) is 4.96. The van der Waals surface area contributed by atoms with Crippen LogP contribution in [0, 0.1) is 10.1 Å². The highest BCUT2D eigenvalue weighted by Gasteiger charge is 2.07. The lowest BCUT2D eigenvalue weighted by atomic mass is 10.2. The van der Waals surface area contributed by atoms with Crippen molar-refractivity contribution in [1.29, 1.82) is 0 Å². The molecule has 136 valence electrons. The topological polar surface area (TPSA) is 103 Å². The fraction of sp³-hybridized carbons (Fsp3) is 0.176. The first-order valence-electron chi connectivity index (χ1n) is 7.61. The zero-order valence-electron chi connectivity index (χ0n) is 13.8. The van der Waals surface area contributed by atoms with E-state index in [1.807, 2.05) is 0 Å². The average Bonchev–Trinajstić information content (AvgIpc) is 2.61. The number of non-ortho nitro benzene ring substituents is 1. The van der Waals surface area contributed by atoms with Crippen molar-refractivity contribution >= 4 is 39.5 Å². The number of carbonyl (C=O) groups is 1. The Kier molecular flexibility index (Phi) is 7.10. The molecule has 2 aromatic carbocycles. The fourth-order valence-electron chi connectivity index (χ4n) is 1.89. The third-order valence-corrected chi connectivity index (χ3v) is 3.71. The lowest BCUT2D eigenvalue weighted by Gasteiger charge is -2.08. The summed E-state index contributed by atoms with van der Waals surface area (Å²) in [6.45, 7) is 1.87. The average molecular weight is 422 g/mol. The summed E-state index contributed by atoms with van der Waals surface area (Å²) in [6, 6.07) is 11.2. The fourth-order valence-corrected chi connectivity index (χ4v) is 2.40. The number of rotatable bonds is 8. The quantitative estimate of drug-likeness (QED) is 0.301. The molecule has 0 spiro atoms. The van der Waals surface area contributed by atoms with E-state index in [0.29, 0.717) is 22.5 Å². The highest BCUT2D eigenvalue weighted by molar-refractivity contribution is 9.10. The van der Waals surface area contributed by atoms with E-state index < -0.39 is 10.9 Å². The number of ether oxygens (including phenoxy) is 2. The number of nitro groups is 1. The van der Waals surface area contributed by atoms with Gasteiger partial charge >= 0.3 is 5.97 Å². The lowest BCUT2D eigenvalue weighted by Crippen LogP contribution is -2.14. The van der Waals surface area contributed by atoms with Crippen molar-refractivity contribution in [3.8, 4) is 5.75 Å². The Labute approximate surface area is 158 Å². The molecule has 0 amide bonds. The van der Waals surface area contributed by atoms with Crippen LogP contribution in [-0.2, 0) is 9.53 Å². The van der Waals surface area contributed by atoms with Crippen molar-refractivity contribution in [1.82, 2.24) is 0 Å². The second kappa shape index (κ2) is 9.52. The summed E-state index contributed by atoms with van der Waals surface area (Å²) in [7, 11) is 0. The van der Waals surface area contributed by atoms with Crippen molar-refractivity contribution in [2.45, 2.75) is 6.92 Å². The van der Waals surface area contributed by atoms with Crippen LogP contribution in [0.1, 0.15) is 12.5 Å². The van der Waals surface area contributed by atoms with Crippen LogP contribution in [0.5, 0.6) is 5.75 Å². The molecular formula is C17H16BrN3O5. The summed E-state index contributed by atoms with van der Waals surface area (Å²) in [5.41, 5.74) is 4.21. The summed E-state index contributed by atoms with van der Waals surface area (Å²) in [6.07, 6.45) is 1.58. The van der Waals surface area contributed by atoms with Crippen molar-refractivity contribution in [3.63, 3.8) is 0 Å². The number of nitrogens with one attached hydrogen (secondary N) is 1. The summed E-state index contributed by atoms with van der Waals surface area (Å²) in [4.78, 5) is 21.4. The van der Waals surface area contributed by atoms with Gasteiger partial charge in [-0.1, -0.05) is 0 Å². The van der Waals surface area contributed by atoms with E-state index in [-0.39, 0.29) is 12.3 Å². The molecule has 0 fully saturated rings. The van der Waals surface area contributed by atoms with Crippen LogP contribution in [0.15, 0.2) is 52.0 Å². The summed E-state index contributed by atoms with van der Waals surface area (Å²) in [5.74, 6) is 0.0795. The van der Waals surface area contributed by atoms with Crippen LogP contribution >= 0.6 is 15.9 Å². The highest BCUT2D eigenvalue weighted by Crippen LogP contribution is 2.25. The van der Waals surface area contributed by atoms with E-state index in [1.54, 1.807) is 43.5 Å². The molecule has 0 aliphatic rings. The predicted molar refractivity (Wildman–Crippen MR) is 101 cm³/mol. The SMILES string of the molecule is CCOC(=O)COc1ccc(/C=N\Nc2ccc([N+](=O)[O-])cc2)cc1Br. The monoisotopic (exact) mass is 421 g/mol. The normalized spacial score (nSPS) is 10.5. The van der Waals surface area contributed by atoms with E-state index in [2.05, 4.69) is 26.5 Å². The van der Waals surface area contributed by atoms with E-state index in [1.165, 1.54) is 12.1 Å². The number of nitro benzene ring substituents is 1. The summed E-state index contributed by atoms with van der Waals surface area (Å²) < 4.78 is 10.8. The molecule has 0 radical (unpaired) electrons. The third-order valence-electron chi connectivity index (χ3n) is 3.09. The first-order chi connectivity index (χ1) is 12.5. The van der Waals surface area contributed by atoms with Gasteiger partial charge in [0, 0.05) is 12.1 Å². The zero-order valence-corrected chi connectivity index (χ0v) is 15.4. The molecular weight excluding hydrogens is 406 g/mol. The van der Waals surface area contributed by atoms with E-state index >= 15 is 0 Å². The maximum absolute atomic E-state index is 11.3. The van der Waals surface area contributed by atoms with Crippen molar-refractivity contribution in [2.75, 3.05) is 18.6 Å². The van der Waals surface area contributed by atoms with Gasteiger partial charge < -0.3 is 9.47 Å². The minimum atomic E-state index is -0.462. The number of hydrazone groups is 1. The Hall–Kier alpha value is -2.94. The molecule has 0 saturated heterocycles. The molecule has 0 aromatic heterocycles. The molecule has 0 atom stereocenters. The number of hydrogen-bond acceptors (Lipinski definition) is 7. The first kappa shape index (κ1) is 19.4. The molecule has 9 heteroatoms. The van der Waals surface area contributed by atoms with Gasteiger partial charge in [-0.25, -0.2) is 4.79 Å². The smallest absolute Gasteiger partial charge is 0.344 e. The van der Waals surface area contributed by atoms with Gasteiger partial charge in [0.25, 0.3) is 5.69 Å². The van der Waals surface area contributed by atoms with Gasteiger partial charge in [0.1, 0.15) is 5.75 Å². The molecule has 8 nitrogen and oxygen atoms in total. The Morgan fingerprint density at radius 3 is 2.65 bits per heavy atom. The van der Waals surface area contributed by atoms with Gasteiger partial charge in [0.2, 0.25) is 0 Å². The lowest BCUT2D eigenvalue weighted by molar-refractivity contribution is -0.384. The van der Waals surface area contributed by atoms with Gasteiger partial charge in [-0.05, 0) is 58.7 Å². The number of nitrogens with zero attached hydrogens (tertiary/aromatic N) is 2. The van der Waals surface area contributed by atoms with Crippen molar-refractivity contribution in [2.24, 2.45) is 5.10 Å². The number of hydrogen-bond donors (Lipinski definition) is 1. The molecule has 2 aromatic rings. The van der Waals surface area contributed by atoms with Gasteiger partial charge in [-0.15, -0.1) is 0 Å². The standard InChI is InChI=1S/C17H16BrN3O5/c1-2-25-17(22)11-26-16-8-3-12(9-15(16)18)10-19-20-13-4-6-14(7-5-13)21(23)24/h3-10,20H,2,11H2,1H3/b19-10-. The zero-order chi connectivity index (χ0) is 18.9. The third kappa shape index (κ3) is 5.85. The maximum atomic E-state index is 11.3. The molecule has 0 heterocycles. The van der Waals surface area contributed by atoms with Gasteiger partial charge in [-0.2, -0.15) is 5.10 Å². The summed E-state index contributed by atoms with van der Waals surface area (Å²) in [5, 5.41) is 14.7. The molecule has 0 aliphatic carbocycles. The number of halogens is 1. The molecule has 0 bridgehead atoms. The number of esters is 1. The van der Waals surface area contributed by atoms with Crippen molar-refractivity contribution in [3.05, 3.63) is 62.6 Å². The number of benzene rings is 2. The van der Waals surface area contributed by atoms with Crippen molar-refractivity contribution < 1.29 is 19.2 Å². The van der Waals surface area contributed by atoms with Crippen LogP contribution in [0.4, 0.5) is 11.4 Å². The van der Waals surface area contributed by atoms with Crippen LogP contribution < -0.4 is 10.2 Å². The van der Waals surface area contributed by atoms with Gasteiger partial charge in [0.15, 0.2) is 6.61 Å². The number of carbonyl (C=O) groups excluding carboxylic acids is 1. The number of anilines is 1. The molecule has 0 aliphatic heterocycles. The molecule has 26 heavy (non-hydrogen) atoms. The minimum Gasteiger partial charge on any atom is -0.481 e. The minimum absolute atomic E-state index is 0.0156. The Bertz CT molecular complexity index is 809. The molecule has 1 N–H and O–H groups in total. The highest BCUT2D eigenvalue weighted by atomic mass is 79.9. The molecule has 2 rings (SSSR count). The van der Waals surface area contributed by atoms with Crippen LogP contribution in [0.25, 0.3) is 0 Å². The van der Waals surface area contributed by atoms with E-state index in [0.717, 1.165) is 5.56 Å². The van der Waals surface area contributed by atoms with Crippen LogP contribution in [0.2, 0.25) is 0 Å². The predicted octanol–water partition coefficient (Wildman–Crippen LogP) is 3.75. The second-order valence-corrected chi connectivity index (χ2v) is 5.81. The summed E-state index contributed by atoms with van der Waals surface area (Å²) >= 11 is 3.37. The first-order valence-corrected chi connectivity index (χ1v) is 8.40. The van der Waals surface area contributed by atoms with E-state index in [9.17, 15) is 14.9 Å². The maximum Gasteiger partial charge on any atom is 0.344 e. The molecule has 0 unspecified atom stereocenters. The van der Waals surface area contributed by atoms with Crippen LogP contribution in [0.3, 0.4) is 0 Å². The Balaban J connectivity index is 1.92. The Morgan fingerprint density at radius 2 is 2.04 bits per heavy atom.